The van der Waals surface area contributed by atoms with Gasteiger partial charge in [0, 0.05) is 18.5 Å². The smallest absolute Gasteiger partial charge is 0.325 e. The van der Waals surface area contributed by atoms with Crippen molar-refractivity contribution < 1.29 is 31.2 Å². The van der Waals surface area contributed by atoms with Gasteiger partial charge in [0.15, 0.2) is 9.84 Å². The summed E-state index contributed by atoms with van der Waals surface area (Å²) in [7, 11) is -3.46. The summed E-state index contributed by atoms with van der Waals surface area (Å²) in [5.41, 5.74) is -0.604. The second-order valence-corrected chi connectivity index (χ2v) is 10.1. The van der Waals surface area contributed by atoms with Crippen molar-refractivity contribution in [3.63, 3.8) is 0 Å². The van der Waals surface area contributed by atoms with Crippen LogP contribution in [0.3, 0.4) is 0 Å². The molecule has 3 rings (SSSR count). The first-order chi connectivity index (χ1) is 15.3. The number of amides is 3. The third-order valence-electron chi connectivity index (χ3n) is 5.23. The van der Waals surface area contributed by atoms with Gasteiger partial charge in [-0.05, 0) is 36.2 Å². The van der Waals surface area contributed by atoms with Gasteiger partial charge in [0.05, 0.1) is 22.8 Å². The lowest BCUT2D eigenvalue weighted by Gasteiger charge is -2.25. The molecule has 8 nitrogen and oxygen atoms in total. The normalized spacial score (nSPS) is 17.1. The number of sulfone groups is 1. The highest BCUT2D eigenvalue weighted by molar-refractivity contribution is 7.90. The molecule has 178 valence electrons. The number of anilines is 2. The summed E-state index contributed by atoms with van der Waals surface area (Å²) in [5, 5.41) is 2.59. The molecule has 12 heteroatoms. The van der Waals surface area contributed by atoms with Crippen LogP contribution in [-0.4, -0.2) is 55.6 Å². The third kappa shape index (κ3) is 5.62. The molecule has 0 aliphatic carbocycles. The van der Waals surface area contributed by atoms with Crippen molar-refractivity contribution in [3.8, 4) is 0 Å². The molecule has 0 radical (unpaired) electrons. The zero-order chi connectivity index (χ0) is 24.6. The van der Waals surface area contributed by atoms with Gasteiger partial charge in [-0.15, -0.1) is 0 Å². The Hall–Kier alpha value is -3.15. The SMILES string of the molecule is CC(C)[C@H]1CN(c2ccc(C(F)(F)F)nc2)C(=O)N1CC(=O)Nc1cccc(S(C)(=O)=O)c1. The fourth-order valence-corrected chi connectivity index (χ4v) is 4.17. The van der Waals surface area contributed by atoms with Gasteiger partial charge < -0.3 is 10.2 Å². The van der Waals surface area contributed by atoms with Gasteiger partial charge >= 0.3 is 12.2 Å². The second kappa shape index (κ2) is 9.00. The highest BCUT2D eigenvalue weighted by Crippen LogP contribution is 2.31. The van der Waals surface area contributed by atoms with E-state index < -0.39 is 33.6 Å². The molecule has 1 aliphatic rings. The molecule has 2 aromatic rings. The van der Waals surface area contributed by atoms with Crippen LogP contribution in [0.2, 0.25) is 0 Å². The van der Waals surface area contributed by atoms with E-state index in [1.54, 1.807) is 0 Å². The minimum absolute atomic E-state index is 0.0391. The topological polar surface area (TPSA) is 99.7 Å². The van der Waals surface area contributed by atoms with Crippen LogP contribution in [0, 0.1) is 5.92 Å². The van der Waals surface area contributed by atoms with Crippen LogP contribution in [0.15, 0.2) is 47.5 Å². The molecule has 33 heavy (non-hydrogen) atoms. The first kappa shape index (κ1) is 24.5. The Bertz CT molecular complexity index is 1150. The summed E-state index contributed by atoms with van der Waals surface area (Å²) in [6, 6.07) is 6.81. The predicted octanol–water partition coefficient (Wildman–Crippen LogP) is 3.41. The molecule has 3 amide bonds. The number of pyridine rings is 1. The van der Waals surface area contributed by atoms with E-state index in [0.29, 0.717) is 0 Å². The minimum Gasteiger partial charge on any atom is -0.325 e. The lowest BCUT2D eigenvalue weighted by atomic mass is 10.0. The van der Waals surface area contributed by atoms with Gasteiger partial charge in [-0.1, -0.05) is 19.9 Å². The number of hydrogen-bond donors (Lipinski definition) is 1. The lowest BCUT2D eigenvalue weighted by molar-refractivity contribution is -0.141. The number of alkyl halides is 3. The first-order valence-corrected chi connectivity index (χ1v) is 11.9. The molecule has 1 aliphatic heterocycles. The Kier molecular flexibility index (Phi) is 6.68. The quantitative estimate of drug-likeness (QED) is 0.678. The summed E-state index contributed by atoms with van der Waals surface area (Å²) < 4.78 is 61.8. The molecule has 1 saturated heterocycles. The molecular weight excluding hydrogens is 461 g/mol. The zero-order valence-corrected chi connectivity index (χ0v) is 18.9. The molecule has 1 fully saturated rings. The summed E-state index contributed by atoms with van der Waals surface area (Å²) in [5.74, 6) is -0.574. The number of rotatable bonds is 6. The molecule has 0 bridgehead atoms. The second-order valence-electron chi connectivity index (χ2n) is 8.08. The predicted molar refractivity (Wildman–Crippen MR) is 115 cm³/mol. The minimum atomic E-state index is -4.59. The van der Waals surface area contributed by atoms with E-state index >= 15 is 0 Å². The van der Waals surface area contributed by atoms with Gasteiger partial charge in [0.25, 0.3) is 0 Å². The molecule has 1 atom stereocenters. The largest absolute Gasteiger partial charge is 0.433 e. The van der Waals surface area contributed by atoms with Crippen LogP contribution in [-0.2, 0) is 20.8 Å². The first-order valence-electron chi connectivity index (χ1n) is 9.98. The number of nitrogens with zero attached hydrogens (tertiary/aromatic N) is 3. The molecule has 1 N–H and O–H groups in total. The lowest BCUT2D eigenvalue weighted by Crippen LogP contribution is -2.42. The monoisotopic (exact) mass is 484 g/mol. The van der Waals surface area contributed by atoms with Crippen molar-refractivity contribution >= 4 is 33.2 Å². The molecule has 0 spiro atoms. The number of aromatic nitrogens is 1. The van der Waals surface area contributed by atoms with Gasteiger partial charge in [0.2, 0.25) is 5.91 Å². The molecule has 1 aromatic carbocycles. The molecule has 0 unspecified atom stereocenters. The highest BCUT2D eigenvalue weighted by atomic mass is 32.2. The Balaban J connectivity index is 1.76. The van der Waals surface area contributed by atoms with Crippen LogP contribution in [0.5, 0.6) is 0 Å². The standard InChI is InChI=1S/C21H23F3N4O4S/c1-13(2)17-11-27(15-7-8-18(25-10-15)21(22,23)24)20(30)28(17)12-19(29)26-14-5-4-6-16(9-14)33(3,31)32/h4-10,13,17H,11-12H2,1-3H3,(H,26,29)/t17-/m1/s1. The fraction of sp³-hybridized carbons (Fsp3) is 0.381. The Morgan fingerprint density at radius 2 is 1.94 bits per heavy atom. The number of urea groups is 1. The number of benzene rings is 1. The van der Waals surface area contributed by atoms with Gasteiger partial charge in [0.1, 0.15) is 12.2 Å². The van der Waals surface area contributed by atoms with Crippen LogP contribution in [0.25, 0.3) is 0 Å². The third-order valence-corrected chi connectivity index (χ3v) is 6.34. The molecular formula is C21H23F3N4O4S. The maximum atomic E-state index is 13.0. The van der Waals surface area contributed by atoms with Crippen LogP contribution < -0.4 is 10.2 Å². The number of hydrogen-bond acceptors (Lipinski definition) is 5. The fourth-order valence-electron chi connectivity index (χ4n) is 3.51. The summed E-state index contributed by atoms with van der Waals surface area (Å²) in [6.45, 7) is 3.61. The highest BCUT2D eigenvalue weighted by Gasteiger charge is 2.41. The van der Waals surface area contributed by atoms with Crippen molar-refractivity contribution in [1.29, 1.82) is 0 Å². The molecule has 0 saturated carbocycles. The molecule has 1 aromatic heterocycles. The maximum Gasteiger partial charge on any atom is 0.433 e. The summed E-state index contributed by atoms with van der Waals surface area (Å²) >= 11 is 0. The van der Waals surface area contributed by atoms with Crippen molar-refractivity contribution in [3.05, 3.63) is 48.3 Å². The number of carbonyl (C=O) groups excluding carboxylic acids is 2. The summed E-state index contributed by atoms with van der Waals surface area (Å²) in [6.07, 6.45) is -2.56. The van der Waals surface area contributed by atoms with Crippen molar-refractivity contribution in [2.45, 2.75) is 31.0 Å². The van der Waals surface area contributed by atoms with Gasteiger partial charge in [-0.25, -0.2) is 18.2 Å². The van der Waals surface area contributed by atoms with Gasteiger partial charge in [-0.3, -0.25) is 9.69 Å². The van der Waals surface area contributed by atoms with Crippen molar-refractivity contribution in [2.75, 3.05) is 29.6 Å². The average molecular weight is 485 g/mol. The Morgan fingerprint density at radius 3 is 2.48 bits per heavy atom. The average Bonchev–Trinajstić information content (AvgIpc) is 3.03. The van der Waals surface area contributed by atoms with Crippen molar-refractivity contribution in [1.82, 2.24) is 9.88 Å². The van der Waals surface area contributed by atoms with Crippen LogP contribution >= 0.6 is 0 Å². The number of carbonyl (C=O) groups is 2. The van der Waals surface area contributed by atoms with Crippen molar-refractivity contribution in [2.24, 2.45) is 5.92 Å². The van der Waals surface area contributed by atoms with E-state index in [4.69, 9.17) is 0 Å². The summed E-state index contributed by atoms with van der Waals surface area (Å²) in [4.78, 5) is 31.7. The van der Waals surface area contributed by atoms with Crippen LogP contribution in [0.1, 0.15) is 19.5 Å². The number of halogens is 3. The van der Waals surface area contributed by atoms with E-state index in [-0.39, 0.29) is 41.3 Å². The van der Waals surface area contributed by atoms with E-state index in [1.807, 2.05) is 13.8 Å². The Labute approximate surface area is 189 Å². The van der Waals surface area contributed by atoms with E-state index in [2.05, 4.69) is 10.3 Å². The van der Waals surface area contributed by atoms with E-state index in [0.717, 1.165) is 18.5 Å². The van der Waals surface area contributed by atoms with Gasteiger partial charge in [-0.2, -0.15) is 13.2 Å². The number of nitrogens with one attached hydrogen (secondary N) is 1. The maximum absolute atomic E-state index is 13.0. The van der Waals surface area contributed by atoms with E-state index in [9.17, 15) is 31.2 Å². The Morgan fingerprint density at radius 1 is 1.24 bits per heavy atom. The molecule has 2 heterocycles. The zero-order valence-electron chi connectivity index (χ0n) is 18.1. The van der Waals surface area contributed by atoms with Crippen LogP contribution in [0.4, 0.5) is 29.3 Å². The van der Waals surface area contributed by atoms with E-state index in [1.165, 1.54) is 40.1 Å².